The van der Waals surface area contributed by atoms with E-state index in [2.05, 4.69) is 37.2 Å². The topological polar surface area (TPSA) is 0 Å². The summed E-state index contributed by atoms with van der Waals surface area (Å²) in [6, 6.07) is 0. The van der Waals surface area contributed by atoms with Gasteiger partial charge in [-0.15, -0.1) is 0 Å². The Morgan fingerprint density at radius 3 is 1.25 bits per heavy atom. The smallest absolute Gasteiger partial charge is 0.0425 e. The molecule has 4 heavy (non-hydrogen) atoms. The van der Waals surface area contributed by atoms with Gasteiger partial charge < -0.3 is 0 Å². The van der Waals surface area contributed by atoms with Gasteiger partial charge in [-0.05, 0) is 8.91 Å². The molecule has 0 spiro atoms. The third-order valence-corrected chi connectivity index (χ3v) is 0. The number of hydrogen-bond acceptors (Lipinski definition) is 0. The molecule has 0 saturated heterocycles. The van der Waals surface area contributed by atoms with Crippen LogP contribution in [0.2, 0.25) is 0 Å². The largest absolute Gasteiger partial charge is 0.0425 e. The quantitative estimate of drug-likeness (QED) is 0.601. The lowest BCUT2D eigenvalue weighted by Crippen LogP contribution is -0.217. The number of halogens is 4. The molecule has 0 aliphatic carbocycles. The first-order valence-corrected chi connectivity index (χ1v) is 6.73. The SMILES string of the molecule is BrBr.ClI. The van der Waals surface area contributed by atoms with Gasteiger partial charge in [-0.2, -0.15) is 0 Å². The van der Waals surface area contributed by atoms with Crippen LogP contribution in [0.25, 0.3) is 0 Å². The molecule has 0 aromatic heterocycles. The van der Waals surface area contributed by atoms with Crippen LogP contribution in [0.3, 0.4) is 0 Å². The molecule has 0 aliphatic heterocycles. The number of rotatable bonds is 0. The summed E-state index contributed by atoms with van der Waals surface area (Å²) in [6.45, 7) is 0. The molecule has 0 amide bonds. The second-order valence-electron chi connectivity index (χ2n) is 0. The van der Waals surface area contributed by atoms with Crippen LogP contribution in [0, 0.1) is 0 Å². The molecule has 0 saturated carbocycles. The Balaban J connectivity index is 0. The summed E-state index contributed by atoms with van der Waals surface area (Å²) >= 11 is 7.12. The molecule has 0 heterocycles. The third-order valence-electron chi connectivity index (χ3n) is 0. The Bertz CT molecular complexity index is 6.00. The van der Waals surface area contributed by atoms with Gasteiger partial charge in [0.25, 0.3) is 0 Å². The lowest BCUT2D eigenvalue weighted by atomic mass is 35.4. The molecule has 0 nitrogen and oxygen atoms in total. The Morgan fingerprint density at radius 1 is 1.25 bits per heavy atom. The van der Waals surface area contributed by atoms with Crippen molar-refractivity contribution in [2.24, 2.45) is 0 Å². The molecule has 0 unspecified atom stereocenters. The van der Waals surface area contributed by atoms with E-state index in [4.69, 9.17) is 0 Å². The van der Waals surface area contributed by atoms with E-state index in [0.29, 0.717) is 0 Å². The fourth-order valence-corrected chi connectivity index (χ4v) is 0. The van der Waals surface area contributed by atoms with Crippen molar-refractivity contribution in [2.75, 3.05) is 0 Å². The van der Waals surface area contributed by atoms with E-state index < -0.39 is 0 Å². The fraction of sp³-hybridized carbons (Fsp3) is 0. The van der Waals surface area contributed by atoms with Crippen molar-refractivity contribution in [3.63, 3.8) is 0 Å². The molecule has 0 bridgehead atoms. The second kappa shape index (κ2) is 20.1. The summed E-state index contributed by atoms with van der Waals surface area (Å²) in [6.07, 6.45) is 0. The maximum Gasteiger partial charge on any atom is 0.0425 e. The normalized spacial score (nSPS) is 3.00. The van der Waals surface area contributed by atoms with Crippen molar-refractivity contribution in [1.29, 1.82) is 0 Å². The zero-order valence-corrected chi connectivity index (χ0v) is 7.60. The highest BCUT2D eigenvalue weighted by atomic mass is 127. The Morgan fingerprint density at radius 2 is 1.25 bits per heavy atom. The molecule has 0 fully saturated rings. The van der Waals surface area contributed by atoms with Crippen LogP contribution in [0.1, 0.15) is 0 Å². The van der Waals surface area contributed by atoms with Crippen molar-refractivity contribution in [2.45, 2.75) is 0 Å². The zero-order chi connectivity index (χ0) is 4.00. The lowest BCUT2D eigenvalue weighted by molar-refractivity contribution is 5.73. The highest BCUT2D eigenvalue weighted by Gasteiger charge is 1.00. The van der Waals surface area contributed by atoms with Gasteiger partial charge in [0, 0.05) is 49.7 Å². The van der Waals surface area contributed by atoms with Crippen LogP contribution < -0.4 is 0 Å². The third kappa shape index (κ3) is 9.02. The van der Waals surface area contributed by atoms with E-state index in [-0.39, 0.29) is 0 Å². The van der Waals surface area contributed by atoms with Gasteiger partial charge in [-0.1, -0.05) is 0 Å². The molecular weight excluding hydrogens is 322 g/mol. The molecule has 0 atom stereocenters. The van der Waals surface area contributed by atoms with Crippen molar-refractivity contribution in [1.82, 2.24) is 0 Å². The Hall–Kier alpha value is 1.98. The standard InChI is InChI=1S/Br2.ClI/c2*1-2. The van der Waals surface area contributed by atoms with Crippen LogP contribution in [0.15, 0.2) is 0 Å². The van der Waals surface area contributed by atoms with E-state index in [0.717, 1.165) is 0 Å². The van der Waals surface area contributed by atoms with E-state index >= 15 is 0 Å². The molecule has 0 radical (unpaired) electrons. The Labute approximate surface area is 58.0 Å². The minimum Gasteiger partial charge on any atom is -0.0425 e. The van der Waals surface area contributed by atoms with Gasteiger partial charge in [0.15, 0.2) is 0 Å². The summed E-state index contributed by atoms with van der Waals surface area (Å²) in [4.78, 5) is 0. The van der Waals surface area contributed by atoms with Gasteiger partial charge in [0.05, 0.1) is 0 Å². The molecule has 0 aromatic carbocycles. The van der Waals surface area contributed by atoms with E-state index in [1.807, 2.05) is 0 Å². The fourth-order valence-electron chi connectivity index (χ4n) is 0. The van der Waals surface area contributed by atoms with Crippen molar-refractivity contribution in [3.05, 3.63) is 0 Å². The van der Waals surface area contributed by atoms with Crippen molar-refractivity contribution < 1.29 is 0 Å². The minimum absolute atomic E-state index is 1.62. The van der Waals surface area contributed by atoms with Gasteiger partial charge in [-0.25, -0.2) is 0 Å². The van der Waals surface area contributed by atoms with Gasteiger partial charge in [0.1, 0.15) is 0 Å². The second-order valence-corrected chi connectivity index (χ2v) is 0. The first-order chi connectivity index (χ1) is 2.00. The summed E-state index contributed by atoms with van der Waals surface area (Å²) in [5.74, 6) is 0. The zero-order valence-electron chi connectivity index (χ0n) is 1.51. The number of hydrogen-bond donors (Lipinski definition) is 0. The highest BCUT2D eigenvalue weighted by Crippen LogP contribution is 1.85. The first-order valence-electron chi connectivity index (χ1n) is 0.286. The van der Waals surface area contributed by atoms with Crippen LogP contribution in [0.5, 0.6) is 0 Å². The van der Waals surface area contributed by atoms with Crippen LogP contribution in [0.4, 0.5) is 0 Å². The summed E-state index contributed by atoms with van der Waals surface area (Å²) in [5.41, 5.74) is 0. The van der Waals surface area contributed by atoms with Crippen molar-refractivity contribution in [3.8, 4) is 0 Å². The Kier molecular flexibility index (Phi) is 47.1. The van der Waals surface area contributed by atoms with Crippen LogP contribution >= 0.6 is 58.6 Å². The predicted molar refractivity (Wildman–Crippen MR) is 37.7 cm³/mol. The summed E-state index contributed by atoms with van der Waals surface area (Å²) in [5, 5.41) is 0. The molecule has 28 valence electrons. The lowest BCUT2D eigenvalue weighted by Gasteiger charge is -1.00. The highest BCUT2D eigenvalue weighted by molar-refractivity contribution is 14.1. The summed E-state index contributed by atoms with van der Waals surface area (Å²) < 4.78 is 0. The average Bonchev–Trinajstić information content (AvgIpc) is 1.50. The maximum absolute atomic E-state index is 4.61. The van der Waals surface area contributed by atoms with Gasteiger partial charge >= 0.3 is 0 Å². The van der Waals surface area contributed by atoms with Gasteiger partial charge in [-0.3, -0.25) is 0 Å². The minimum atomic E-state index is 1.62. The first kappa shape index (κ1) is 9.36. The van der Waals surface area contributed by atoms with E-state index in [1.54, 1.807) is 21.5 Å². The molecule has 0 aliphatic rings. The average molecular weight is 322 g/mol. The van der Waals surface area contributed by atoms with E-state index in [9.17, 15) is 0 Å². The van der Waals surface area contributed by atoms with Crippen molar-refractivity contribution >= 4 is 58.6 Å². The molecule has 0 rings (SSSR count). The molecular formula is Br2ClI. The monoisotopic (exact) mass is 320 g/mol. The molecule has 4 heteroatoms. The van der Waals surface area contributed by atoms with Gasteiger partial charge in [0.2, 0.25) is 0 Å². The van der Waals surface area contributed by atoms with Crippen LogP contribution in [-0.4, -0.2) is 0 Å². The van der Waals surface area contributed by atoms with E-state index in [1.165, 1.54) is 0 Å². The molecule has 0 aromatic rings. The van der Waals surface area contributed by atoms with Crippen LogP contribution in [-0.2, 0) is 0 Å². The maximum atomic E-state index is 4.61. The summed E-state index contributed by atoms with van der Waals surface area (Å²) in [7, 11) is 4.61. The molecule has 0 N–H and O–H groups in total. The predicted octanol–water partition coefficient (Wildman–Crippen LogP) is 3.27.